The molecule has 0 spiro atoms. The summed E-state index contributed by atoms with van der Waals surface area (Å²) in [6.45, 7) is 1.10. The van der Waals surface area contributed by atoms with Crippen LogP contribution in [0.1, 0.15) is 12.0 Å². The molecule has 5 heteroatoms. The van der Waals surface area contributed by atoms with Crippen LogP contribution in [0.4, 0.5) is 0 Å². The highest BCUT2D eigenvalue weighted by Gasteiger charge is 2.13. The van der Waals surface area contributed by atoms with Crippen molar-refractivity contribution in [3.05, 3.63) is 35.9 Å². The second kappa shape index (κ2) is 7.45. The molecule has 0 radical (unpaired) electrons. The number of nitrogens with zero attached hydrogens (tertiary/aromatic N) is 1. The van der Waals surface area contributed by atoms with Crippen LogP contribution in [0.5, 0.6) is 0 Å². The van der Waals surface area contributed by atoms with Crippen molar-refractivity contribution in [3.8, 4) is 0 Å². The fraction of sp³-hybridized carbons (Fsp3) is 0.385. The molecule has 0 aliphatic heterocycles. The summed E-state index contributed by atoms with van der Waals surface area (Å²) in [5, 5.41) is 2.81. The molecular formula is C13H19N3O2. The molecule has 1 rings (SSSR count). The van der Waals surface area contributed by atoms with Gasteiger partial charge in [-0.15, -0.1) is 0 Å². The van der Waals surface area contributed by atoms with Crippen molar-refractivity contribution in [2.24, 2.45) is 5.73 Å². The summed E-state index contributed by atoms with van der Waals surface area (Å²) in [7, 11) is 1.71. The van der Waals surface area contributed by atoms with Crippen molar-refractivity contribution < 1.29 is 9.59 Å². The first kappa shape index (κ1) is 14.2. The number of nitrogens with two attached hydrogens (primary N) is 1. The summed E-state index contributed by atoms with van der Waals surface area (Å²) in [6.07, 6.45) is 0.183. The molecule has 0 unspecified atom stereocenters. The number of likely N-dealkylation sites (N-methyl/N-ethyl adjacent to an activating group) is 1. The van der Waals surface area contributed by atoms with Gasteiger partial charge in [-0.3, -0.25) is 9.59 Å². The van der Waals surface area contributed by atoms with E-state index in [-0.39, 0.29) is 18.9 Å². The third kappa shape index (κ3) is 4.97. The maximum Gasteiger partial charge on any atom is 0.236 e. The zero-order valence-electron chi connectivity index (χ0n) is 10.6. The van der Waals surface area contributed by atoms with Crippen LogP contribution < -0.4 is 11.1 Å². The molecule has 0 aromatic heterocycles. The van der Waals surface area contributed by atoms with Crippen molar-refractivity contribution in [2.75, 3.05) is 20.1 Å². The van der Waals surface area contributed by atoms with E-state index in [0.29, 0.717) is 13.1 Å². The summed E-state index contributed by atoms with van der Waals surface area (Å²) in [5.74, 6) is -0.437. The molecule has 0 atom stereocenters. The van der Waals surface area contributed by atoms with Crippen molar-refractivity contribution in [3.63, 3.8) is 0 Å². The van der Waals surface area contributed by atoms with Gasteiger partial charge in [-0.2, -0.15) is 0 Å². The zero-order valence-corrected chi connectivity index (χ0v) is 10.6. The molecular weight excluding hydrogens is 230 g/mol. The van der Waals surface area contributed by atoms with Gasteiger partial charge in [-0.05, 0) is 12.6 Å². The Labute approximate surface area is 107 Å². The number of rotatable bonds is 7. The summed E-state index contributed by atoms with van der Waals surface area (Å²) in [4.78, 5) is 24.3. The Morgan fingerprint density at radius 2 is 1.94 bits per heavy atom. The van der Waals surface area contributed by atoms with Gasteiger partial charge < -0.3 is 16.0 Å². The minimum atomic E-state index is -0.398. The fourth-order valence-corrected chi connectivity index (χ4v) is 1.60. The Balaban J connectivity index is 2.64. The van der Waals surface area contributed by atoms with Crippen molar-refractivity contribution in [1.82, 2.24) is 10.2 Å². The van der Waals surface area contributed by atoms with Crippen LogP contribution in [-0.2, 0) is 16.1 Å². The highest BCUT2D eigenvalue weighted by molar-refractivity contribution is 5.79. The molecule has 0 aliphatic carbocycles. The van der Waals surface area contributed by atoms with Crippen molar-refractivity contribution in [1.29, 1.82) is 0 Å². The number of benzene rings is 1. The molecule has 1 aromatic rings. The second-order valence-corrected chi connectivity index (χ2v) is 4.05. The Bertz CT molecular complexity index is 392. The van der Waals surface area contributed by atoms with Gasteiger partial charge in [0.05, 0.1) is 6.54 Å². The third-order valence-electron chi connectivity index (χ3n) is 2.53. The van der Waals surface area contributed by atoms with Crippen LogP contribution in [0.3, 0.4) is 0 Å². The largest absolute Gasteiger partial charge is 0.370 e. The van der Waals surface area contributed by atoms with E-state index in [9.17, 15) is 9.59 Å². The molecule has 5 nitrogen and oxygen atoms in total. The van der Waals surface area contributed by atoms with Gasteiger partial charge in [-0.25, -0.2) is 0 Å². The molecule has 98 valence electrons. The minimum absolute atomic E-state index is 0.0393. The predicted octanol–water partition coefficient (Wildman–Crippen LogP) is 0.110. The molecule has 1 aromatic carbocycles. The topological polar surface area (TPSA) is 75.4 Å². The smallest absolute Gasteiger partial charge is 0.236 e. The minimum Gasteiger partial charge on any atom is -0.370 e. The third-order valence-corrected chi connectivity index (χ3v) is 2.53. The van der Waals surface area contributed by atoms with E-state index in [1.807, 2.05) is 30.3 Å². The molecule has 0 heterocycles. The number of carbonyl (C=O) groups is 2. The zero-order chi connectivity index (χ0) is 13.4. The Hall–Kier alpha value is -1.88. The van der Waals surface area contributed by atoms with Crippen LogP contribution >= 0.6 is 0 Å². The maximum absolute atomic E-state index is 11.9. The number of hydrogen-bond acceptors (Lipinski definition) is 3. The van der Waals surface area contributed by atoms with Gasteiger partial charge in [-0.1, -0.05) is 30.3 Å². The van der Waals surface area contributed by atoms with Crippen molar-refractivity contribution >= 4 is 11.8 Å². The van der Waals surface area contributed by atoms with E-state index >= 15 is 0 Å². The van der Waals surface area contributed by atoms with Gasteiger partial charge in [0.25, 0.3) is 0 Å². The molecule has 0 saturated carbocycles. The second-order valence-electron chi connectivity index (χ2n) is 4.05. The highest BCUT2D eigenvalue weighted by atomic mass is 16.2. The fourth-order valence-electron chi connectivity index (χ4n) is 1.60. The molecule has 0 fully saturated rings. The Kier molecular flexibility index (Phi) is 5.87. The number of nitrogens with one attached hydrogen (secondary N) is 1. The first-order valence-corrected chi connectivity index (χ1v) is 5.88. The molecule has 0 bridgehead atoms. The first-order valence-electron chi connectivity index (χ1n) is 5.88. The van der Waals surface area contributed by atoms with Crippen LogP contribution in [0.25, 0.3) is 0 Å². The molecule has 0 aliphatic rings. The monoisotopic (exact) mass is 249 g/mol. The highest BCUT2D eigenvalue weighted by Crippen LogP contribution is 2.05. The lowest BCUT2D eigenvalue weighted by atomic mass is 10.2. The molecule has 18 heavy (non-hydrogen) atoms. The van der Waals surface area contributed by atoms with E-state index in [2.05, 4.69) is 5.32 Å². The average molecular weight is 249 g/mol. The van der Waals surface area contributed by atoms with Gasteiger partial charge >= 0.3 is 0 Å². The van der Waals surface area contributed by atoms with Crippen LogP contribution in [0, 0.1) is 0 Å². The summed E-state index contributed by atoms with van der Waals surface area (Å²) in [6, 6.07) is 9.66. The van der Waals surface area contributed by atoms with E-state index < -0.39 is 5.91 Å². The average Bonchev–Trinajstić information content (AvgIpc) is 2.35. The van der Waals surface area contributed by atoms with Gasteiger partial charge in [0.2, 0.25) is 11.8 Å². The Morgan fingerprint density at radius 1 is 1.28 bits per heavy atom. The van der Waals surface area contributed by atoms with Crippen LogP contribution in [-0.4, -0.2) is 36.9 Å². The maximum atomic E-state index is 11.9. The SMILES string of the molecule is CNCC(=O)N(CCC(N)=O)Cc1ccccc1. The van der Waals surface area contributed by atoms with Gasteiger partial charge in [0.1, 0.15) is 0 Å². The molecule has 2 amide bonds. The summed E-state index contributed by atoms with van der Waals surface area (Å²) in [5.41, 5.74) is 6.15. The van der Waals surface area contributed by atoms with Gasteiger partial charge in [0.15, 0.2) is 0 Å². The molecule has 0 saturated heterocycles. The van der Waals surface area contributed by atoms with E-state index in [1.54, 1.807) is 11.9 Å². The quantitative estimate of drug-likeness (QED) is 0.720. The normalized spacial score (nSPS) is 10.1. The standard InChI is InChI=1S/C13H19N3O2/c1-15-9-13(18)16(8-7-12(14)17)10-11-5-3-2-4-6-11/h2-6,15H,7-10H2,1H3,(H2,14,17). The van der Waals surface area contributed by atoms with Crippen LogP contribution in [0.2, 0.25) is 0 Å². The van der Waals surface area contributed by atoms with E-state index in [1.165, 1.54) is 0 Å². The lowest BCUT2D eigenvalue weighted by Gasteiger charge is -2.22. The number of primary amides is 1. The lowest BCUT2D eigenvalue weighted by Crippen LogP contribution is -2.38. The first-order chi connectivity index (χ1) is 8.63. The van der Waals surface area contributed by atoms with Gasteiger partial charge in [0, 0.05) is 19.5 Å². The van der Waals surface area contributed by atoms with Crippen LogP contribution in [0.15, 0.2) is 30.3 Å². The number of amides is 2. The Morgan fingerprint density at radius 3 is 2.50 bits per heavy atom. The summed E-state index contributed by atoms with van der Waals surface area (Å²) < 4.78 is 0. The predicted molar refractivity (Wildman–Crippen MR) is 69.6 cm³/mol. The number of hydrogen-bond donors (Lipinski definition) is 2. The van der Waals surface area contributed by atoms with E-state index in [4.69, 9.17) is 5.73 Å². The lowest BCUT2D eigenvalue weighted by molar-refractivity contribution is -0.131. The number of carbonyl (C=O) groups excluding carboxylic acids is 2. The molecule has 3 N–H and O–H groups in total. The van der Waals surface area contributed by atoms with E-state index in [0.717, 1.165) is 5.56 Å². The summed E-state index contributed by atoms with van der Waals surface area (Å²) >= 11 is 0. The van der Waals surface area contributed by atoms with Crippen molar-refractivity contribution in [2.45, 2.75) is 13.0 Å².